The van der Waals surface area contributed by atoms with Gasteiger partial charge < -0.3 is 14.2 Å². The van der Waals surface area contributed by atoms with Gasteiger partial charge in [-0.05, 0) is 59.3 Å². The second-order valence-corrected chi connectivity index (χ2v) is 6.47. The van der Waals surface area contributed by atoms with Gasteiger partial charge in [0.25, 0.3) is 0 Å². The van der Waals surface area contributed by atoms with Gasteiger partial charge in [0, 0.05) is 22.8 Å². The van der Waals surface area contributed by atoms with Crippen LogP contribution in [0.1, 0.15) is 52.7 Å². The fraction of sp³-hybridized carbons (Fsp3) is 0.450. The van der Waals surface area contributed by atoms with Gasteiger partial charge in [-0.1, -0.05) is 0 Å². The molecule has 0 N–H and O–H groups in total. The highest BCUT2D eigenvalue weighted by Crippen LogP contribution is 2.42. The Balaban J connectivity index is 2.61. The summed E-state index contributed by atoms with van der Waals surface area (Å²) in [4.78, 5) is 11.7. The van der Waals surface area contributed by atoms with Crippen LogP contribution in [0.4, 0.5) is 4.39 Å². The quantitative estimate of drug-likeness (QED) is 0.559. The molecule has 4 nitrogen and oxygen atoms in total. The molecule has 0 spiro atoms. The minimum atomic E-state index is -0.968. The molecule has 0 unspecified atom stereocenters. The molecule has 5 heteroatoms. The Morgan fingerprint density at radius 2 is 1.92 bits per heavy atom. The average molecular weight is 348 g/mol. The summed E-state index contributed by atoms with van der Waals surface area (Å²) >= 11 is 0. The number of ether oxygens (including phenoxy) is 3. The topological polar surface area (TPSA) is 44.8 Å². The molecule has 1 aromatic carbocycles. The number of benzene rings is 1. The summed E-state index contributed by atoms with van der Waals surface area (Å²) in [6, 6.07) is 3.56. The predicted molar refractivity (Wildman–Crippen MR) is 96.3 cm³/mol. The van der Waals surface area contributed by atoms with E-state index in [2.05, 4.69) is 0 Å². The number of esters is 1. The Hall–Kier alpha value is -2.30. The summed E-state index contributed by atoms with van der Waals surface area (Å²) in [5.74, 6) is -0.725. The first-order valence-corrected chi connectivity index (χ1v) is 8.43. The van der Waals surface area contributed by atoms with E-state index in [9.17, 15) is 9.18 Å². The molecule has 25 heavy (non-hydrogen) atoms. The molecule has 0 atom stereocenters. The van der Waals surface area contributed by atoms with E-state index in [0.29, 0.717) is 23.7 Å². The zero-order chi connectivity index (χ0) is 18.8. The highest BCUT2D eigenvalue weighted by Gasteiger charge is 2.27. The number of rotatable bonds is 5. The number of allylic oxidation sites excluding steroid dienone is 2. The first kappa shape index (κ1) is 19.0. The standard InChI is InChI=1S/C20H25FO4/c1-7-23-16-10-17-14(12(3)11-20(5,6)25-17)9-15(16)13(4)18(21)19(22)24-8-2/h9-11H,7-8H2,1-6H3. The van der Waals surface area contributed by atoms with Crippen LogP contribution in [0.25, 0.3) is 11.1 Å². The number of carbonyl (C=O) groups is 1. The van der Waals surface area contributed by atoms with Crippen LogP contribution in [0.15, 0.2) is 24.0 Å². The number of carbonyl (C=O) groups excluding carboxylic acids is 1. The van der Waals surface area contributed by atoms with E-state index in [0.717, 1.165) is 11.1 Å². The van der Waals surface area contributed by atoms with Crippen LogP contribution in [0.2, 0.25) is 0 Å². The highest BCUT2D eigenvalue weighted by molar-refractivity contribution is 5.96. The smallest absolute Gasteiger partial charge is 0.367 e. The van der Waals surface area contributed by atoms with Gasteiger partial charge in [0.1, 0.15) is 17.1 Å². The minimum Gasteiger partial charge on any atom is -0.493 e. The van der Waals surface area contributed by atoms with Crippen LogP contribution in [0.5, 0.6) is 11.5 Å². The van der Waals surface area contributed by atoms with Crippen LogP contribution in [-0.2, 0) is 9.53 Å². The van der Waals surface area contributed by atoms with Crippen LogP contribution in [0.3, 0.4) is 0 Å². The number of halogens is 1. The maximum absolute atomic E-state index is 14.4. The van der Waals surface area contributed by atoms with Crippen molar-refractivity contribution in [3.05, 3.63) is 35.2 Å². The van der Waals surface area contributed by atoms with Gasteiger partial charge in [0.2, 0.25) is 5.83 Å². The third kappa shape index (κ3) is 4.03. The highest BCUT2D eigenvalue weighted by atomic mass is 19.1. The van der Waals surface area contributed by atoms with Crippen molar-refractivity contribution in [3.8, 4) is 11.5 Å². The minimum absolute atomic E-state index is 0.118. The molecule has 0 bridgehead atoms. The average Bonchev–Trinajstić information content (AvgIpc) is 2.52. The second-order valence-electron chi connectivity index (χ2n) is 6.47. The van der Waals surface area contributed by atoms with Crippen LogP contribution >= 0.6 is 0 Å². The molecule has 0 saturated heterocycles. The van der Waals surface area contributed by atoms with Crippen LogP contribution in [-0.4, -0.2) is 24.8 Å². The Morgan fingerprint density at radius 1 is 1.24 bits per heavy atom. The molecule has 2 rings (SSSR count). The fourth-order valence-electron chi connectivity index (χ4n) is 2.90. The van der Waals surface area contributed by atoms with Gasteiger partial charge in [0.05, 0.1) is 13.2 Å². The van der Waals surface area contributed by atoms with Crippen molar-refractivity contribution in [2.45, 2.75) is 47.1 Å². The summed E-state index contributed by atoms with van der Waals surface area (Å²) in [5.41, 5.74) is 2.15. The lowest BCUT2D eigenvalue weighted by Gasteiger charge is -2.31. The fourth-order valence-corrected chi connectivity index (χ4v) is 2.90. The van der Waals surface area contributed by atoms with Gasteiger partial charge in [-0.2, -0.15) is 4.39 Å². The second kappa shape index (κ2) is 7.30. The molecular formula is C20H25FO4. The van der Waals surface area contributed by atoms with Crippen LogP contribution in [0, 0.1) is 0 Å². The maximum atomic E-state index is 14.4. The van der Waals surface area contributed by atoms with E-state index in [-0.39, 0.29) is 12.2 Å². The predicted octanol–water partition coefficient (Wildman–Crippen LogP) is 4.92. The summed E-state index contributed by atoms with van der Waals surface area (Å²) in [6.07, 6.45) is 2.01. The molecule has 136 valence electrons. The summed E-state index contributed by atoms with van der Waals surface area (Å²) < 4.78 is 30.9. The number of hydrogen-bond acceptors (Lipinski definition) is 4. The summed E-state index contributed by atoms with van der Waals surface area (Å²) in [6.45, 7) is 11.5. The zero-order valence-electron chi connectivity index (χ0n) is 15.7. The Kier molecular flexibility index (Phi) is 5.55. The lowest BCUT2D eigenvalue weighted by Crippen LogP contribution is -2.28. The summed E-state index contributed by atoms with van der Waals surface area (Å²) in [5, 5.41) is 0. The van der Waals surface area contributed by atoms with E-state index < -0.39 is 17.4 Å². The largest absolute Gasteiger partial charge is 0.493 e. The number of fused-ring (bicyclic) bond motifs is 1. The van der Waals surface area contributed by atoms with E-state index in [1.165, 1.54) is 0 Å². The molecule has 1 heterocycles. The van der Waals surface area contributed by atoms with Crippen molar-refractivity contribution in [1.29, 1.82) is 0 Å². The Bertz CT molecular complexity index is 744. The SMILES string of the molecule is CCOC(=O)C(F)=C(C)c1cc2c(cc1OCC)OC(C)(C)C=C2C. The van der Waals surface area contributed by atoms with E-state index in [1.807, 2.05) is 33.8 Å². The van der Waals surface area contributed by atoms with Gasteiger partial charge >= 0.3 is 5.97 Å². The molecule has 0 radical (unpaired) electrons. The molecule has 0 saturated carbocycles. The number of hydrogen-bond donors (Lipinski definition) is 0. The lowest BCUT2D eigenvalue weighted by atomic mass is 9.92. The van der Waals surface area contributed by atoms with Gasteiger partial charge in [-0.15, -0.1) is 0 Å². The Labute approximate surface area is 148 Å². The third-order valence-corrected chi connectivity index (χ3v) is 3.93. The van der Waals surface area contributed by atoms with E-state index >= 15 is 0 Å². The van der Waals surface area contributed by atoms with E-state index in [1.54, 1.807) is 26.0 Å². The third-order valence-electron chi connectivity index (χ3n) is 3.93. The van der Waals surface area contributed by atoms with Crippen molar-refractivity contribution < 1.29 is 23.4 Å². The molecule has 0 aliphatic carbocycles. The molecule has 0 amide bonds. The zero-order valence-corrected chi connectivity index (χ0v) is 15.7. The molecule has 1 aliphatic rings. The van der Waals surface area contributed by atoms with Gasteiger partial charge in [-0.25, -0.2) is 4.79 Å². The van der Waals surface area contributed by atoms with Crippen molar-refractivity contribution in [2.75, 3.05) is 13.2 Å². The van der Waals surface area contributed by atoms with Gasteiger partial charge in [0.15, 0.2) is 0 Å². The Morgan fingerprint density at radius 3 is 2.52 bits per heavy atom. The first-order valence-electron chi connectivity index (χ1n) is 8.43. The molecule has 0 aromatic heterocycles. The normalized spacial score (nSPS) is 16.2. The monoisotopic (exact) mass is 348 g/mol. The van der Waals surface area contributed by atoms with Crippen LogP contribution < -0.4 is 9.47 Å². The van der Waals surface area contributed by atoms with Crippen molar-refractivity contribution in [2.24, 2.45) is 0 Å². The first-order chi connectivity index (χ1) is 11.7. The lowest BCUT2D eigenvalue weighted by molar-refractivity contribution is -0.140. The van der Waals surface area contributed by atoms with Gasteiger partial charge in [-0.3, -0.25) is 0 Å². The van der Waals surface area contributed by atoms with E-state index in [4.69, 9.17) is 14.2 Å². The molecular weight excluding hydrogens is 323 g/mol. The maximum Gasteiger partial charge on any atom is 0.367 e. The van der Waals surface area contributed by atoms with Crippen molar-refractivity contribution >= 4 is 17.1 Å². The molecule has 0 fully saturated rings. The van der Waals surface area contributed by atoms with Crippen molar-refractivity contribution in [1.82, 2.24) is 0 Å². The molecule has 1 aliphatic heterocycles. The van der Waals surface area contributed by atoms with Crippen molar-refractivity contribution in [3.63, 3.8) is 0 Å². The summed E-state index contributed by atoms with van der Waals surface area (Å²) in [7, 11) is 0. The molecule has 1 aromatic rings.